The summed E-state index contributed by atoms with van der Waals surface area (Å²) in [5.41, 5.74) is 2.96. The highest BCUT2D eigenvalue weighted by atomic mass is 32.1. The molecule has 0 aliphatic carbocycles. The zero-order chi connectivity index (χ0) is 16.2. The van der Waals surface area contributed by atoms with Crippen molar-refractivity contribution in [2.75, 3.05) is 0 Å². The molecule has 0 atom stereocenters. The van der Waals surface area contributed by atoms with Gasteiger partial charge in [0.15, 0.2) is 0 Å². The third-order valence-corrected chi connectivity index (χ3v) is 4.75. The van der Waals surface area contributed by atoms with E-state index in [0.717, 1.165) is 21.5 Å². The smallest absolute Gasteiger partial charge is 0.268 e. The molecule has 0 bridgehead atoms. The van der Waals surface area contributed by atoms with Crippen LogP contribution in [0.15, 0.2) is 54.6 Å². The van der Waals surface area contributed by atoms with E-state index in [1.54, 1.807) is 11.3 Å². The number of benzene rings is 1. The van der Waals surface area contributed by atoms with Gasteiger partial charge in [0.1, 0.15) is 5.69 Å². The molecule has 0 aliphatic rings. The van der Waals surface area contributed by atoms with Crippen molar-refractivity contribution in [1.29, 1.82) is 0 Å². The number of hydrogen-bond acceptors (Lipinski definition) is 2. The Labute approximate surface area is 140 Å². The third-order valence-electron chi connectivity index (χ3n) is 3.77. The minimum absolute atomic E-state index is 0.0283. The van der Waals surface area contributed by atoms with E-state index in [4.69, 9.17) is 0 Å². The lowest BCUT2D eigenvalue weighted by Crippen LogP contribution is -2.25. The molecule has 0 unspecified atom stereocenters. The normalized spacial score (nSPS) is 11.4. The van der Waals surface area contributed by atoms with Gasteiger partial charge in [-0.1, -0.05) is 42.5 Å². The van der Waals surface area contributed by atoms with Gasteiger partial charge in [0.25, 0.3) is 5.91 Å². The third kappa shape index (κ3) is 3.37. The quantitative estimate of drug-likeness (QED) is 0.688. The van der Waals surface area contributed by atoms with E-state index in [2.05, 4.69) is 29.0 Å². The van der Waals surface area contributed by atoms with Crippen molar-refractivity contribution in [1.82, 2.24) is 9.88 Å². The zero-order valence-corrected chi connectivity index (χ0v) is 14.2. The molecule has 1 N–H and O–H groups in total. The molecule has 2 heterocycles. The molecule has 2 aromatic heterocycles. The molecule has 3 rings (SSSR count). The van der Waals surface area contributed by atoms with Crippen LogP contribution in [0, 0.1) is 6.92 Å². The molecule has 118 valence electrons. The van der Waals surface area contributed by atoms with Gasteiger partial charge in [-0.15, -0.1) is 11.3 Å². The average molecular weight is 324 g/mol. The molecule has 0 radical (unpaired) electrons. The monoisotopic (exact) mass is 324 g/mol. The first-order valence-corrected chi connectivity index (χ1v) is 8.53. The Morgan fingerprint density at radius 1 is 1.26 bits per heavy atom. The first-order valence-electron chi connectivity index (χ1n) is 7.72. The molecule has 4 heteroatoms. The number of nitrogens with one attached hydrogen (secondary N) is 1. The number of aryl methyl sites for hydroxylation is 1. The van der Waals surface area contributed by atoms with Gasteiger partial charge in [-0.05, 0) is 31.5 Å². The Kier molecular flexibility index (Phi) is 4.63. The van der Waals surface area contributed by atoms with E-state index in [0.29, 0.717) is 13.1 Å². The van der Waals surface area contributed by atoms with Crippen LogP contribution in [-0.4, -0.2) is 10.5 Å². The molecule has 1 aromatic carbocycles. The number of aromatic nitrogens is 1. The number of fused-ring (bicyclic) bond motifs is 1. The van der Waals surface area contributed by atoms with Crippen LogP contribution >= 0.6 is 11.3 Å². The van der Waals surface area contributed by atoms with Crippen LogP contribution in [0.3, 0.4) is 0 Å². The minimum atomic E-state index is -0.0283. The highest BCUT2D eigenvalue weighted by Crippen LogP contribution is 2.28. The van der Waals surface area contributed by atoms with Crippen molar-refractivity contribution in [3.05, 3.63) is 70.8 Å². The van der Waals surface area contributed by atoms with Crippen LogP contribution in [0.25, 0.3) is 10.2 Å². The van der Waals surface area contributed by atoms with Crippen LogP contribution in [0.1, 0.15) is 27.9 Å². The number of nitrogens with zero attached hydrogens (tertiary/aromatic N) is 1. The van der Waals surface area contributed by atoms with Crippen LogP contribution in [0.4, 0.5) is 0 Å². The predicted molar refractivity (Wildman–Crippen MR) is 97.0 cm³/mol. The molecule has 0 saturated heterocycles. The molecule has 0 saturated carbocycles. The Balaban J connectivity index is 1.85. The summed E-state index contributed by atoms with van der Waals surface area (Å²) in [7, 11) is 0. The minimum Gasteiger partial charge on any atom is -0.347 e. The Hall–Kier alpha value is -2.33. The average Bonchev–Trinajstić information content (AvgIpc) is 3.08. The summed E-state index contributed by atoms with van der Waals surface area (Å²) in [5, 5.41) is 3.02. The topological polar surface area (TPSA) is 34.0 Å². The van der Waals surface area contributed by atoms with Crippen LogP contribution in [-0.2, 0) is 13.1 Å². The van der Waals surface area contributed by atoms with Crippen molar-refractivity contribution >= 4 is 27.5 Å². The molecular formula is C19H20N2OS. The fourth-order valence-corrected chi connectivity index (χ4v) is 3.59. The van der Waals surface area contributed by atoms with Gasteiger partial charge in [0, 0.05) is 18.0 Å². The number of allylic oxidation sites excluding steroid dienone is 2. The van der Waals surface area contributed by atoms with E-state index in [1.165, 1.54) is 4.88 Å². The lowest BCUT2D eigenvalue weighted by molar-refractivity contribution is 0.0942. The lowest BCUT2D eigenvalue weighted by atomic mass is 10.2. The molecule has 3 aromatic rings. The molecule has 23 heavy (non-hydrogen) atoms. The number of hydrogen-bond donors (Lipinski definition) is 1. The van der Waals surface area contributed by atoms with E-state index >= 15 is 0 Å². The van der Waals surface area contributed by atoms with Gasteiger partial charge < -0.3 is 9.88 Å². The number of carbonyl (C=O) groups excluding carboxylic acids is 1. The standard InChI is InChI=1S/C19H20N2OS/c1-3-4-10-21-16-11-14(2)23-18(16)12-17(21)19(22)20-13-15-8-6-5-7-9-15/h3-9,11-12H,10,13H2,1-2H3,(H,20,22). The summed E-state index contributed by atoms with van der Waals surface area (Å²) in [5.74, 6) is -0.0283. The van der Waals surface area contributed by atoms with Gasteiger partial charge in [-0.3, -0.25) is 4.79 Å². The summed E-state index contributed by atoms with van der Waals surface area (Å²) >= 11 is 1.73. The zero-order valence-electron chi connectivity index (χ0n) is 13.4. The molecular weight excluding hydrogens is 304 g/mol. The fourth-order valence-electron chi connectivity index (χ4n) is 2.63. The SMILES string of the molecule is CC=CCn1c(C(=O)NCc2ccccc2)cc2sc(C)cc21. The second-order valence-corrected chi connectivity index (χ2v) is 6.77. The summed E-state index contributed by atoms with van der Waals surface area (Å²) in [6, 6.07) is 14.1. The van der Waals surface area contributed by atoms with Crippen LogP contribution in [0.2, 0.25) is 0 Å². The fraction of sp³-hybridized carbons (Fsp3) is 0.211. The van der Waals surface area contributed by atoms with Crippen molar-refractivity contribution in [3.8, 4) is 0 Å². The highest BCUT2D eigenvalue weighted by molar-refractivity contribution is 7.19. The molecule has 0 spiro atoms. The molecule has 0 fully saturated rings. The molecule has 1 amide bonds. The second-order valence-electron chi connectivity index (χ2n) is 5.48. The maximum Gasteiger partial charge on any atom is 0.268 e. The van der Waals surface area contributed by atoms with Crippen molar-refractivity contribution < 1.29 is 4.79 Å². The van der Waals surface area contributed by atoms with E-state index in [-0.39, 0.29) is 5.91 Å². The van der Waals surface area contributed by atoms with Crippen LogP contribution in [0.5, 0.6) is 0 Å². The van der Waals surface area contributed by atoms with Gasteiger partial charge in [-0.2, -0.15) is 0 Å². The van der Waals surface area contributed by atoms with Crippen LogP contribution < -0.4 is 5.32 Å². The Bertz CT molecular complexity index is 843. The van der Waals surface area contributed by atoms with Gasteiger partial charge in [0.05, 0.1) is 10.2 Å². The van der Waals surface area contributed by atoms with Gasteiger partial charge in [0.2, 0.25) is 0 Å². The number of amides is 1. The first kappa shape index (κ1) is 15.6. The molecule has 3 nitrogen and oxygen atoms in total. The second kappa shape index (κ2) is 6.84. The van der Waals surface area contributed by atoms with E-state index in [9.17, 15) is 4.79 Å². The molecule has 0 aliphatic heterocycles. The Morgan fingerprint density at radius 2 is 2.04 bits per heavy atom. The maximum absolute atomic E-state index is 12.6. The maximum atomic E-state index is 12.6. The lowest BCUT2D eigenvalue weighted by Gasteiger charge is -2.09. The van der Waals surface area contributed by atoms with Gasteiger partial charge in [-0.25, -0.2) is 0 Å². The van der Waals surface area contributed by atoms with Crippen molar-refractivity contribution in [2.24, 2.45) is 0 Å². The van der Waals surface area contributed by atoms with Crippen molar-refractivity contribution in [3.63, 3.8) is 0 Å². The van der Waals surface area contributed by atoms with E-state index in [1.807, 2.05) is 49.4 Å². The number of rotatable bonds is 5. The van der Waals surface area contributed by atoms with Gasteiger partial charge >= 0.3 is 0 Å². The first-order chi connectivity index (χ1) is 11.2. The van der Waals surface area contributed by atoms with E-state index < -0.39 is 0 Å². The number of thiophene rings is 1. The summed E-state index contributed by atoms with van der Waals surface area (Å²) < 4.78 is 3.25. The summed E-state index contributed by atoms with van der Waals surface area (Å²) in [4.78, 5) is 13.9. The number of carbonyl (C=O) groups is 1. The summed E-state index contributed by atoms with van der Waals surface area (Å²) in [6.45, 7) is 5.35. The predicted octanol–water partition coefficient (Wildman–Crippen LogP) is 4.52. The largest absolute Gasteiger partial charge is 0.347 e. The highest BCUT2D eigenvalue weighted by Gasteiger charge is 2.16. The Morgan fingerprint density at radius 3 is 2.78 bits per heavy atom. The van der Waals surface area contributed by atoms with Crippen molar-refractivity contribution in [2.45, 2.75) is 26.9 Å². The summed E-state index contributed by atoms with van der Waals surface area (Å²) in [6.07, 6.45) is 4.08.